The molecule has 2 heterocycles. The van der Waals surface area contributed by atoms with E-state index in [0.29, 0.717) is 17.0 Å². The van der Waals surface area contributed by atoms with E-state index in [1.807, 2.05) is 20.8 Å². The number of carbonyl (C=O) groups is 1. The van der Waals surface area contributed by atoms with E-state index in [4.69, 9.17) is 0 Å². The molecule has 0 radical (unpaired) electrons. The number of nitrogens with zero attached hydrogens (tertiary/aromatic N) is 4. The van der Waals surface area contributed by atoms with Gasteiger partial charge in [-0.25, -0.2) is 9.07 Å². The predicted octanol–water partition coefficient (Wildman–Crippen LogP) is 3.22. The number of benzene rings is 1. The number of rotatable bonds is 5. The standard InChI is InChI=1S/C17H18FN5OS/c1-4-15-16(25-22-21-15)17(24)20-10(2)14-9-19-23(11(14)3)13-7-5-12(18)6-8-13/h5-10H,4H2,1-3H3,(H,20,24). The molecule has 6 nitrogen and oxygen atoms in total. The Morgan fingerprint density at radius 3 is 2.76 bits per heavy atom. The molecule has 130 valence electrons. The highest BCUT2D eigenvalue weighted by Gasteiger charge is 2.20. The van der Waals surface area contributed by atoms with Gasteiger partial charge in [-0.2, -0.15) is 5.10 Å². The molecule has 3 rings (SSSR count). The minimum atomic E-state index is -0.292. The SMILES string of the molecule is CCc1nnsc1C(=O)NC(C)c1cnn(-c2ccc(F)cc2)c1C. The molecule has 0 aliphatic rings. The number of aryl methyl sites for hydroxylation is 1. The van der Waals surface area contributed by atoms with Crippen LogP contribution in [0.4, 0.5) is 4.39 Å². The second-order valence-electron chi connectivity index (χ2n) is 5.67. The molecule has 0 aliphatic carbocycles. The summed E-state index contributed by atoms with van der Waals surface area (Å²) in [5.74, 6) is -0.479. The maximum absolute atomic E-state index is 13.1. The maximum atomic E-state index is 13.1. The first kappa shape index (κ1) is 17.2. The zero-order valence-corrected chi connectivity index (χ0v) is 15.0. The highest BCUT2D eigenvalue weighted by molar-refractivity contribution is 7.08. The molecule has 2 aromatic heterocycles. The fourth-order valence-corrected chi connectivity index (χ4v) is 3.30. The molecule has 1 atom stereocenters. The number of nitrogens with one attached hydrogen (secondary N) is 1. The van der Waals surface area contributed by atoms with Crippen LogP contribution < -0.4 is 5.32 Å². The molecular weight excluding hydrogens is 341 g/mol. The van der Waals surface area contributed by atoms with Crippen LogP contribution in [0.3, 0.4) is 0 Å². The summed E-state index contributed by atoms with van der Waals surface area (Å²) < 4.78 is 18.7. The summed E-state index contributed by atoms with van der Waals surface area (Å²) in [5.41, 5.74) is 3.25. The lowest BCUT2D eigenvalue weighted by Gasteiger charge is -2.13. The van der Waals surface area contributed by atoms with E-state index in [9.17, 15) is 9.18 Å². The van der Waals surface area contributed by atoms with Crippen LogP contribution in [-0.2, 0) is 6.42 Å². The number of hydrogen-bond donors (Lipinski definition) is 1. The second-order valence-corrected chi connectivity index (χ2v) is 6.43. The first-order chi connectivity index (χ1) is 12.0. The van der Waals surface area contributed by atoms with Crippen molar-refractivity contribution >= 4 is 17.4 Å². The Kier molecular flexibility index (Phi) is 4.89. The van der Waals surface area contributed by atoms with Gasteiger partial charge in [0.25, 0.3) is 5.91 Å². The van der Waals surface area contributed by atoms with E-state index in [2.05, 4.69) is 20.0 Å². The average molecular weight is 359 g/mol. The Bertz CT molecular complexity index is 887. The first-order valence-electron chi connectivity index (χ1n) is 7.93. The van der Waals surface area contributed by atoms with Gasteiger partial charge in [0.2, 0.25) is 0 Å². The van der Waals surface area contributed by atoms with Gasteiger partial charge in [-0.05, 0) is 56.1 Å². The summed E-state index contributed by atoms with van der Waals surface area (Å²) in [7, 11) is 0. The van der Waals surface area contributed by atoms with E-state index in [-0.39, 0.29) is 17.8 Å². The number of amides is 1. The fourth-order valence-electron chi connectivity index (χ4n) is 2.64. The summed E-state index contributed by atoms with van der Waals surface area (Å²) in [5, 5.41) is 11.3. The molecule has 0 aliphatic heterocycles. The molecule has 1 amide bonds. The van der Waals surface area contributed by atoms with Crippen molar-refractivity contribution in [3.63, 3.8) is 0 Å². The normalized spacial score (nSPS) is 12.2. The zero-order chi connectivity index (χ0) is 18.0. The average Bonchev–Trinajstić information content (AvgIpc) is 3.22. The van der Waals surface area contributed by atoms with Crippen LogP contribution >= 0.6 is 11.5 Å². The molecule has 0 saturated heterocycles. The molecule has 25 heavy (non-hydrogen) atoms. The van der Waals surface area contributed by atoms with Gasteiger partial charge < -0.3 is 5.32 Å². The van der Waals surface area contributed by atoms with Gasteiger partial charge in [-0.1, -0.05) is 11.4 Å². The third-order valence-electron chi connectivity index (χ3n) is 4.03. The van der Waals surface area contributed by atoms with Crippen molar-refractivity contribution < 1.29 is 9.18 Å². The summed E-state index contributed by atoms with van der Waals surface area (Å²) in [6.45, 7) is 5.75. The van der Waals surface area contributed by atoms with Crippen molar-refractivity contribution in [3.05, 3.63) is 58.1 Å². The van der Waals surface area contributed by atoms with Gasteiger partial charge in [-0.3, -0.25) is 4.79 Å². The molecule has 0 saturated carbocycles. The Balaban J connectivity index is 1.80. The van der Waals surface area contributed by atoms with Gasteiger partial charge in [0.05, 0.1) is 23.6 Å². The lowest BCUT2D eigenvalue weighted by atomic mass is 10.1. The number of aromatic nitrogens is 4. The zero-order valence-electron chi connectivity index (χ0n) is 14.2. The third-order valence-corrected chi connectivity index (χ3v) is 4.80. The molecule has 0 spiro atoms. The van der Waals surface area contributed by atoms with Crippen LogP contribution in [-0.4, -0.2) is 25.3 Å². The molecule has 1 N–H and O–H groups in total. The van der Waals surface area contributed by atoms with Crippen LogP contribution in [0.25, 0.3) is 5.69 Å². The number of carbonyl (C=O) groups excluding carboxylic acids is 1. The van der Waals surface area contributed by atoms with E-state index >= 15 is 0 Å². The van der Waals surface area contributed by atoms with Crippen LogP contribution in [0.2, 0.25) is 0 Å². The summed E-state index contributed by atoms with van der Waals surface area (Å²) in [6, 6.07) is 5.89. The quantitative estimate of drug-likeness (QED) is 0.759. The third kappa shape index (κ3) is 3.43. The molecule has 1 unspecified atom stereocenters. The molecule has 0 bridgehead atoms. The van der Waals surface area contributed by atoms with E-state index in [1.165, 1.54) is 12.1 Å². The van der Waals surface area contributed by atoms with E-state index < -0.39 is 0 Å². The van der Waals surface area contributed by atoms with Crippen molar-refractivity contribution in [2.45, 2.75) is 33.2 Å². The lowest BCUT2D eigenvalue weighted by molar-refractivity contribution is 0.0943. The molecule has 3 aromatic rings. The van der Waals surface area contributed by atoms with Crippen LogP contribution in [0.5, 0.6) is 0 Å². The Hall–Kier alpha value is -2.61. The molecule has 8 heteroatoms. The Morgan fingerprint density at radius 1 is 1.36 bits per heavy atom. The Morgan fingerprint density at radius 2 is 2.08 bits per heavy atom. The van der Waals surface area contributed by atoms with Crippen molar-refractivity contribution in [1.82, 2.24) is 24.7 Å². The van der Waals surface area contributed by atoms with Crippen LogP contribution in [0, 0.1) is 12.7 Å². The van der Waals surface area contributed by atoms with Gasteiger partial charge in [0, 0.05) is 11.3 Å². The first-order valence-corrected chi connectivity index (χ1v) is 8.71. The van der Waals surface area contributed by atoms with Crippen molar-refractivity contribution in [2.24, 2.45) is 0 Å². The van der Waals surface area contributed by atoms with Crippen LogP contribution in [0.1, 0.15) is 46.5 Å². The highest BCUT2D eigenvalue weighted by Crippen LogP contribution is 2.21. The maximum Gasteiger partial charge on any atom is 0.265 e. The van der Waals surface area contributed by atoms with E-state index in [1.54, 1.807) is 23.0 Å². The summed E-state index contributed by atoms with van der Waals surface area (Å²) in [6.07, 6.45) is 2.38. The highest BCUT2D eigenvalue weighted by atomic mass is 32.1. The molecular formula is C17H18FN5OS. The fraction of sp³-hybridized carbons (Fsp3) is 0.294. The van der Waals surface area contributed by atoms with Gasteiger partial charge in [0.15, 0.2) is 0 Å². The molecule has 0 fully saturated rings. The van der Waals surface area contributed by atoms with Gasteiger partial charge in [0.1, 0.15) is 10.7 Å². The summed E-state index contributed by atoms with van der Waals surface area (Å²) >= 11 is 1.10. The predicted molar refractivity (Wildman–Crippen MR) is 93.4 cm³/mol. The monoisotopic (exact) mass is 359 g/mol. The largest absolute Gasteiger partial charge is 0.345 e. The smallest absolute Gasteiger partial charge is 0.265 e. The number of hydrogen-bond acceptors (Lipinski definition) is 5. The molecule has 1 aromatic carbocycles. The van der Waals surface area contributed by atoms with E-state index in [0.717, 1.165) is 28.5 Å². The lowest BCUT2D eigenvalue weighted by Crippen LogP contribution is -2.27. The second kappa shape index (κ2) is 7.10. The Labute approximate surface area is 148 Å². The minimum absolute atomic E-state index is 0.187. The van der Waals surface area contributed by atoms with Crippen molar-refractivity contribution in [2.75, 3.05) is 0 Å². The van der Waals surface area contributed by atoms with Gasteiger partial charge >= 0.3 is 0 Å². The van der Waals surface area contributed by atoms with Crippen molar-refractivity contribution in [3.8, 4) is 5.69 Å². The van der Waals surface area contributed by atoms with Gasteiger partial charge in [-0.15, -0.1) is 5.10 Å². The minimum Gasteiger partial charge on any atom is -0.345 e. The summed E-state index contributed by atoms with van der Waals surface area (Å²) in [4.78, 5) is 13.0. The van der Waals surface area contributed by atoms with Crippen molar-refractivity contribution in [1.29, 1.82) is 0 Å². The number of halogens is 1. The van der Waals surface area contributed by atoms with Crippen LogP contribution in [0.15, 0.2) is 30.5 Å². The topological polar surface area (TPSA) is 72.7 Å².